The number of allylic oxidation sites excluding steroid dienone is 2. The molecular formula is C11H22N. The summed E-state index contributed by atoms with van der Waals surface area (Å²) in [5, 5.41) is 0. The van der Waals surface area contributed by atoms with Crippen molar-refractivity contribution in [1.82, 2.24) is 0 Å². The van der Waals surface area contributed by atoms with Crippen molar-refractivity contribution in [3.63, 3.8) is 0 Å². The van der Waals surface area contributed by atoms with Gasteiger partial charge in [0.05, 0.1) is 0 Å². The van der Waals surface area contributed by atoms with E-state index in [1.807, 2.05) is 0 Å². The molecule has 0 unspecified atom stereocenters. The molecule has 0 aromatic carbocycles. The number of rotatable bonds is 7. The lowest BCUT2D eigenvalue weighted by Crippen LogP contribution is -1.96. The molecule has 0 spiro atoms. The van der Waals surface area contributed by atoms with E-state index in [1.54, 1.807) is 0 Å². The fourth-order valence-corrected chi connectivity index (χ4v) is 1.15. The number of unbranched alkanes of at least 4 members (excludes halogenated alkanes) is 4. The first kappa shape index (κ1) is 11.5. The molecule has 71 valence electrons. The third-order valence-electron chi connectivity index (χ3n) is 1.93. The van der Waals surface area contributed by atoms with Gasteiger partial charge in [-0.05, 0) is 25.7 Å². The summed E-state index contributed by atoms with van der Waals surface area (Å²) in [6.45, 7) is 5.99. The van der Waals surface area contributed by atoms with Gasteiger partial charge in [0, 0.05) is 5.70 Å². The second-order valence-electron chi connectivity index (χ2n) is 3.23. The zero-order chi connectivity index (χ0) is 9.23. The molecule has 0 fully saturated rings. The molecule has 0 aromatic heterocycles. The van der Waals surface area contributed by atoms with Crippen LogP contribution in [-0.4, -0.2) is 0 Å². The molecule has 0 bridgehead atoms. The average Bonchev–Trinajstić information content (AvgIpc) is 2.09. The highest BCUT2D eigenvalue weighted by Gasteiger charge is 1.90. The summed E-state index contributed by atoms with van der Waals surface area (Å²) in [5.74, 6) is 0. The Morgan fingerprint density at radius 1 is 1.33 bits per heavy atom. The van der Waals surface area contributed by atoms with Crippen LogP contribution in [0.3, 0.4) is 0 Å². The minimum absolute atomic E-state index is 0.954. The highest BCUT2D eigenvalue weighted by atomic mass is 14.6. The van der Waals surface area contributed by atoms with E-state index in [4.69, 9.17) is 5.73 Å². The molecule has 12 heavy (non-hydrogen) atoms. The van der Waals surface area contributed by atoms with Crippen molar-refractivity contribution in [2.75, 3.05) is 0 Å². The second-order valence-corrected chi connectivity index (χ2v) is 3.23. The maximum atomic E-state index is 5.78. The van der Waals surface area contributed by atoms with Gasteiger partial charge < -0.3 is 5.73 Å². The highest BCUT2D eigenvalue weighted by molar-refractivity contribution is 4.95. The van der Waals surface area contributed by atoms with Gasteiger partial charge in [0.15, 0.2) is 0 Å². The molecule has 0 rings (SSSR count). The molecule has 1 heteroatoms. The number of hydrogen-bond donors (Lipinski definition) is 1. The molecule has 0 aliphatic rings. The Labute approximate surface area is 77.0 Å². The molecule has 0 atom stereocenters. The summed E-state index contributed by atoms with van der Waals surface area (Å²) < 4.78 is 0. The molecule has 0 aliphatic carbocycles. The van der Waals surface area contributed by atoms with E-state index in [0.717, 1.165) is 25.0 Å². The van der Waals surface area contributed by atoms with Crippen LogP contribution in [0, 0.1) is 6.92 Å². The van der Waals surface area contributed by atoms with E-state index in [1.165, 1.54) is 25.7 Å². The van der Waals surface area contributed by atoms with Crippen LogP contribution in [-0.2, 0) is 0 Å². The summed E-state index contributed by atoms with van der Waals surface area (Å²) in [4.78, 5) is 0. The third-order valence-corrected chi connectivity index (χ3v) is 1.93. The van der Waals surface area contributed by atoms with E-state index in [2.05, 4.69) is 19.9 Å². The summed E-state index contributed by atoms with van der Waals surface area (Å²) in [7, 11) is 0. The lowest BCUT2D eigenvalue weighted by Gasteiger charge is -2.00. The number of nitrogens with two attached hydrogens (primary N) is 1. The summed E-state index contributed by atoms with van der Waals surface area (Å²) in [6.07, 6.45) is 10.3. The van der Waals surface area contributed by atoms with Crippen molar-refractivity contribution in [3.8, 4) is 0 Å². The third kappa shape index (κ3) is 7.64. The molecule has 0 saturated carbocycles. The molecule has 1 nitrogen and oxygen atoms in total. The lowest BCUT2D eigenvalue weighted by molar-refractivity contribution is 0.661. The van der Waals surface area contributed by atoms with Crippen LogP contribution in [0.15, 0.2) is 11.8 Å². The molecule has 0 heterocycles. The molecule has 2 N–H and O–H groups in total. The zero-order valence-electron chi connectivity index (χ0n) is 8.31. The predicted molar refractivity (Wildman–Crippen MR) is 55.6 cm³/mol. The Morgan fingerprint density at radius 3 is 2.67 bits per heavy atom. The van der Waals surface area contributed by atoms with Gasteiger partial charge in [0.1, 0.15) is 0 Å². The molecular weight excluding hydrogens is 146 g/mol. The second kappa shape index (κ2) is 8.63. The van der Waals surface area contributed by atoms with Crippen molar-refractivity contribution in [2.45, 2.75) is 51.9 Å². The van der Waals surface area contributed by atoms with Gasteiger partial charge in [-0.15, -0.1) is 0 Å². The van der Waals surface area contributed by atoms with Crippen molar-refractivity contribution in [3.05, 3.63) is 18.7 Å². The van der Waals surface area contributed by atoms with E-state index in [9.17, 15) is 0 Å². The first-order valence-corrected chi connectivity index (χ1v) is 5.05. The SMILES string of the molecule is [CH2]CCC=C(N)CCCCCC. The van der Waals surface area contributed by atoms with Crippen LogP contribution in [0.25, 0.3) is 0 Å². The molecule has 0 amide bonds. The Morgan fingerprint density at radius 2 is 2.08 bits per heavy atom. The first-order valence-electron chi connectivity index (χ1n) is 5.05. The Bertz CT molecular complexity index is 116. The Kier molecular flexibility index (Phi) is 8.30. The van der Waals surface area contributed by atoms with E-state index < -0.39 is 0 Å². The monoisotopic (exact) mass is 168 g/mol. The quantitative estimate of drug-likeness (QED) is 0.579. The van der Waals surface area contributed by atoms with E-state index in [0.29, 0.717) is 0 Å². The summed E-state index contributed by atoms with van der Waals surface area (Å²) >= 11 is 0. The standard InChI is InChI=1S/C11H22N/c1-3-5-7-8-10-11(12)9-6-4-2/h9H,2-8,10,12H2,1H3. The van der Waals surface area contributed by atoms with Gasteiger partial charge in [0.25, 0.3) is 0 Å². The van der Waals surface area contributed by atoms with Crippen LogP contribution in [0.5, 0.6) is 0 Å². The smallest absolute Gasteiger partial charge is 0.00399 e. The largest absolute Gasteiger partial charge is 0.402 e. The molecule has 0 saturated heterocycles. The van der Waals surface area contributed by atoms with Crippen LogP contribution < -0.4 is 5.73 Å². The van der Waals surface area contributed by atoms with Crippen LogP contribution >= 0.6 is 0 Å². The maximum Gasteiger partial charge on any atom is 0.00399 e. The average molecular weight is 168 g/mol. The van der Waals surface area contributed by atoms with E-state index in [-0.39, 0.29) is 0 Å². The minimum atomic E-state index is 0.954. The van der Waals surface area contributed by atoms with Crippen molar-refractivity contribution in [2.24, 2.45) is 5.73 Å². The molecule has 0 aromatic rings. The maximum absolute atomic E-state index is 5.78. The number of hydrogen-bond acceptors (Lipinski definition) is 1. The summed E-state index contributed by atoms with van der Waals surface area (Å²) in [6, 6.07) is 0. The van der Waals surface area contributed by atoms with E-state index >= 15 is 0 Å². The molecule has 0 aliphatic heterocycles. The minimum Gasteiger partial charge on any atom is -0.402 e. The molecule has 1 radical (unpaired) electrons. The van der Waals surface area contributed by atoms with Crippen LogP contribution in [0.1, 0.15) is 51.9 Å². The van der Waals surface area contributed by atoms with Gasteiger partial charge >= 0.3 is 0 Å². The summed E-state index contributed by atoms with van der Waals surface area (Å²) in [5.41, 5.74) is 6.83. The van der Waals surface area contributed by atoms with Crippen molar-refractivity contribution in [1.29, 1.82) is 0 Å². The van der Waals surface area contributed by atoms with Gasteiger partial charge in [-0.1, -0.05) is 39.2 Å². The zero-order valence-corrected chi connectivity index (χ0v) is 8.31. The van der Waals surface area contributed by atoms with Gasteiger partial charge in [-0.3, -0.25) is 0 Å². The van der Waals surface area contributed by atoms with Gasteiger partial charge in [0.2, 0.25) is 0 Å². The van der Waals surface area contributed by atoms with Gasteiger partial charge in [-0.25, -0.2) is 0 Å². The fraction of sp³-hybridized carbons (Fsp3) is 0.727. The van der Waals surface area contributed by atoms with Crippen molar-refractivity contribution < 1.29 is 0 Å². The fourth-order valence-electron chi connectivity index (χ4n) is 1.15. The normalized spacial score (nSPS) is 12.0. The Hall–Kier alpha value is -0.460. The van der Waals surface area contributed by atoms with Crippen LogP contribution in [0.2, 0.25) is 0 Å². The lowest BCUT2D eigenvalue weighted by atomic mass is 10.1. The van der Waals surface area contributed by atoms with Crippen LogP contribution in [0.4, 0.5) is 0 Å². The highest BCUT2D eigenvalue weighted by Crippen LogP contribution is 2.06. The predicted octanol–water partition coefficient (Wildman–Crippen LogP) is 3.41. The topological polar surface area (TPSA) is 26.0 Å². The first-order chi connectivity index (χ1) is 5.81. The van der Waals surface area contributed by atoms with Gasteiger partial charge in [-0.2, -0.15) is 0 Å². The van der Waals surface area contributed by atoms with Crippen molar-refractivity contribution >= 4 is 0 Å². The Balaban J connectivity index is 3.24.